The molecule has 0 unspecified atom stereocenters. The zero-order chi connectivity index (χ0) is 24.5. The van der Waals surface area contributed by atoms with Crippen LogP contribution in [0.3, 0.4) is 0 Å². The third-order valence-electron chi connectivity index (χ3n) is 6.30. The van der Waals surface area contributed by atoms with Crippen LogP contribution in [0.15, 0.2) is 66.7 Å². The summed E-state index contributed by atoms with van der Waals surface area (Å²) in [6, 6.07) is 16.4. The molecule has 35 heavy (non-hydrogen) atoms. The van der Waals surface area contributed by atoms with Crippen LogP contribution >= 0.6 is 0 Å². The highest BCUT2D eigenvalue weighted by molar-refractivity contribution is 6.05. The molecule has 1 N–H and O–H groups in total. The van der Waals surface area contributed by atoms with Crippen molar-refractivity contribution in [3.63, 3.8) is 0 Å². The van der Waals surface area contributed by atoms with Crippen LogP contribution in [0.1, 0.15) is 27.7 Å². The number of aromatic amines is 1. The summed E-state index contributed by atoms with van der Waals surface area (Å²) in [5.41, 5.74) is 2.31. The number of halogens is 2. The number of carbonyl (C=O) groups is 1. The molecule has 5 rings (SSSR count). The number of hydrogen-bond acceptors (Lipinski definition) is 5. The number of H-pyrrole nitrogens is 1. The van der Waals surface area contributed by atoms with Crippen LogP contribution in [-0.4, -0.2) is 57.0 Å². The third-order valence-corrected chi connectivity index (χ3v) is 6.30. The molecule has 0 atom stereocenters. The van der Waals surface area contributed by atoms with Crippen molar-refractivity contribution < 1.29 is 18.5 Å². The van der Waals surface area contributed by atoms with Gasteiger partial charge < -0.3 is 4.90 Å². The van der Waals surface area contributed by atoms with Crippen LogP contribution < -0.4 is 0 Å². The van der Waals surface area contributed by atoms with Crippen molar-refractivity contribution in [3.05, 3.63) is 105 Å². The number of aromatic nitrogens is 2. The lowest BCUT2D eigenvalue weighted by Crippen LogP contribution is -2.50. The minimum absolute atomic E-state index is 0.112. The summed E-state index contributed by atoms with van der Waals surface area (Å²) in [6.07, 6.45) is 0. The molecule has 10 heteroatoms. The van der Waals surface area contributed by atoms with E-state index in [1.165, 1.54) is 42.5 Å². The first-order valence-electron chi connectivity index (χ1n) is 11.1. The fourth-order valence-corrected chi connectivity index (χ4v) is 4.52. The number of rotatable bonds is 5. The van der Waals surface area contributed by atoms with Crippen molar-refractivity contribution in [2.75, 3.05) is 26.2 Å². The van der Waals surface area contributed by atoms with Crippen LogP contribution in [-0.2, 0) is 0 Å². The molecule has 1 saturated heterocycles. The number of nitro benzene ring substituents is 1. The molecule has 1 aliphatic rings. The van der Waals surface area contributed by atoms with Gasteiger partial charge in [-0.05, 0) is 41.5 Å². The van der Waals surface area contributed by atoms with E-state index in [1.54, 1.807) is 29.2 Å². The molecule has 0 aliphatic carbocycles. The predicted octanol–water partition coefficient (Wildman–Crippen LogP) is 4.30. The van der Waals surface area contributed by atoms with E-state index in [2.05, 4.69) is 15.1 Å². The number of fused-ring (bicyclic) bond motifs is 1. The second-order valence-electron chi connectivity index (χ2n) is 8.39. The molecule has 2 heterocycles. The van der Waals surface area contributed by atoms with Gasteiger partial charge in [0.15, 0.2) is 5.69 Å². The van der Waals surface area contributed by atoms with Crippen molar-refractivity contribution in [1.82, 2.24) is 20.0 Å². The standard InChI is InChI=1S/C25H21F2N5O3/c26-18-5-1-16(2-6-18)24(17-3-7-19(27)8-4-17)30-11-13-31(14-12-30)25(33)23-21-15-20(32(34)35)9-10-22(21)28-29-23/h1-10,15,24H,11-14H2,(H,28,29). The summed E-state index contributed by atoms with van der Waals surface area (Å²) >= 11 is 0. The molecule has 4 aromatic rings. The van der Waals surface area contributed by atoms with Gasteiger partial charge in [0.05, 0.1) is 16.5 Å². The molecular formula is C25H21F2N5O3. The lowest BCUT2D eigenvalue weighted by Gasteiger charge is -2.39. The lowest BCUT2D eigenvalue weighted by molar-refractivity contribution is -0.384. The Balaban J connectivity index is 1.37. The number of nitrogens with zero attached hydrogens (tertiary/aromatic N) is 4. The van der Waals surface area contributed by atoms with Crippen molar-refractivity contribution >= 4 is 22.5 Å². The third kappa shape index (κ3) is 4.47. The Morgan fingerprint density at radius 1 is 0.914 bits per heavy atom. The average molecular weight is 477 g/mol. The minimum Gasteiger partial charge on any atom is -0.335 e. The van der Waals surface area contributed by atoms with Gasteiger partial charge in [0.25, 0.3) is 11.6 Å². The molecule has 0 saturated carbocycles. The highest BCUT2D eigenvalue weighted by Crippen LogP contribution is 2.31. The summed E-state index contributed by atoms with van der Waals surface area (Å²) in [7, 11) is 0. The molecule has 1 aliphatic heterocycles. The van der Waals surface area contributed by atoms with E-state index >= 15 is 0 Å². The maximum atomic E-state index is 13.5. The predicted molar refractivity (Wildman–Crippen MR) is 125 cm³/mol. The normalized spacial score (nSPS) is 14.5. The molecule has 0 bridgehead atoms. The Morgan fingerprint density at radius 3 is 2.03 bits per heavy atom. The van der Waals surface area contributed by atoms with Gasteiger partial charge in [-0.1, -0.05) is 24.3 Å². The molecule has 1 fully saturated rings. The van der Waals surface area contributed by atoms with E-state index in [1.807, 2.05) is 0 Å². The Labute approximate surface area is 198 Å². The van der Waals surface area contributed by atoms with E-state index in [0.29, 0.717) is 37.1 Å². The number of benzene rings is 3. The zero-order valence-electron chi connectivity index (χ0n) is 18.5. The van der Waals surface area contributed by atoms with Crippen LogP contribution in [0.25, 0.3) is 10.9 Å². The largest absolute Gasteiger partial charge is 0.335 e. The van der Waals surface area contributed by atoms with Gasteiger partial charge in [0.1, 0.15) is 11.6 Å². The Kier molecular flexibility index (Phi) is 5.96. The summed E-state index contributed by atoms with van der Waals surface area (Å²) in [5, 5.41) is 18.4. The van der Waals surface area contributed by atoms with Crippen LogP contribution in [0.5, 0.6) is 0 Å². The van der Waals surface area contributed by atoms with Crippen LogP contribution in [0.2, 0.25) is 0 Å². The summed E-state index contributed by atoms with van der Waals surface area (Å²) in [6.45, 7) is 1.85. The molecule has 1 aromatic heterocycles. The topological polar surface area (TPSA) is 95.4 Å². The maximum absolute atomic E-state index is 13.5. The molecular weight excluding hydrogens is 456 g/mol. The van der Waals surface area contributed by atoms with Crippen molar-refractivity contribution in [2.45, 2.75) is 6.04 Å². The van der Waals surface area contributed by atoms with Gasteiger partial charge in [-0.2, -0.15) is 5.10 Å². The van der Waals surface area contributed by atoms with Crippen molar-refractivity contribution in [2.24, 2.45) is 0 Å². The van der Waals surface area contributed by atoms with Crippen LogP contribution in [0.4, 0.5) is 14.5 Å². The van der Waals surface area contributed by atoms with Gasteiger partial charge in [0.2, 0.25) is 0 Å². The quantitative estimate of drug-likeness (QED) is 0.342. The number of nitrogens with one attached hydrogen (secondary N) is 1. The summed E-state index contributed by atoms with van der Waals surface area (Å²) < 4.78 is 27.1. The van der Waals surface area contributed by atoms with Gasteiger partial charge in [-0.15, -0.1) is 0 Å². The number of hydrogen-bond donors (Lipinski definition) is 1. The second-order valence-corrected chi connectivity index (χ2v) is 8.39. The first-order chi connectivity index (χ1) is 16.9. The van der Waals surface area contributed by atoms with Gasteiger partial charge in [0, 0.05) is 43.7 Å². The van der Waals surface area contributed by atoms with Crippen LogP contribution in [0, 0.1) is 21.7 Å². The monoisotopic (exact) mass is 477 g/mol. The van der Waals surface area contributed by atoms with E-state index < -0.39 is 4.92 Å². The molecule has 0 radical (unpaired) electrons. The number of nitro groups is 1. The van der Waals surface area contributed by atoms with E-state index in [-0.39, 0.29) is 35.0 Å². The van der Waals surface area contributed by atoms with E-state index in [9.17, 15) is 23.7 Å². The molecule has 178 valence electrons. The molecule has 3 aromatic carbocycles. The Bertz CT molecular complexity index is 1340. The van der Waals surface area contributed by atoms with Gasteiger partial charge >= 0.3 is 0 Å². The first kappa shape index (κ1) is 22.6. The summed E-state index contributed by atoms with van der Waals surface area (Å²) in [5.74, 6) is -0.988. The second kappa shape index (κ2) is 9.22. The number of non-ortho nitro benzene ring substituents is 1. The first-order valence-corrected chi connectivity index (χ1v) is 11.1. The maximum Gasteiger partial charge on any atom is 0.275 e. The van der Waals surface area contributed by atoms with Crippen molar-refractivity contribution in [1.29, 1.82) is 0 Å². The van der Waals surface area contributed by atoms with Crippen molar-refractivity contribution in [3.8, 4) is 0 Å². The highest BCUT2D eigenvalue weighted by Gasteiger charge is 2.30. The smallest absolute Gasteiger partial charge is 0.275 e. The van der Waals surface area contributed by atoms with Gasteiger partial charge in [-0.25, -0.2) is 8.78 Å². The number of amides is 1. The Morgan fingerprint density at radius 2 is 1.49 bits per heavy atom. The fraction of sp³-hybridized carbons (Fsp3) is 0.200. The van der Waals surface area contributed by atoms with E-state index in [4.69, 9.17) is 0 Å². The lowest BCUT2D eigenvalue weighted by atomic mass is 9.96. The fourth-order valence-electron chi connectivity index (χ4n) is 4.52. The zero-order valence-corrected chi connectivity index (χ0v) is 18.5. The van der Waals surface area contributed by atoms with E-state index in [0.717, 1.165) is 11.1 Å². The molecule has 8 nitrogen and oxygen atoms in total. The number of carbonyl (C=O) groups excluding carboxylic acids is 1. The Hall–Kier alpha value is -4.18. The summed E-state index contributed by atoms with van der Waals surface area (Å²) in [4.78, 5) is 27.7. The SMILES string of the molecule is O=C(c1n[nH]c2ccc([N+](=O)[O-])cc12)N1CCN(C(c2ccc(F)cc2)c2ccc(F)cc2)CC1. The van der Waals surface area contributed by atoms with Gasteiger partial charge in [-0.3, -0.25) is 24.9 Å². The molecule has 1 amide bonds. The average Bonchev–Trinajstić information content (AvgIpc) is 3.30. The highest BCUT2D eigenvalue weighted by atomic mass is 19.1. The molecule has 0 spiro atoms. The number of piperazine rings is 1. The minimum atomic E-state index is -0.509.